The number of hydrogen-bond donors (Lipinski definition) is 0. The highest BCUT2D eigenvalue weighted by atomic mass is 19.1. The third-order valence-electron chi connectivity index (χ3n) is 8.04. The lowest BCUT2D eigenvalue weighted by Crippen LogP contribution is -2.46. The van der Waals surface area contributed by atoms with Gasteiger partial charge in [0.1, 0.15) is 11.6 Å². The van der Waals surface area contributed by atoms with Crippen LogP contribution in [0, 0.1) is 11.7 Å². The fourth-order valence-electron chi connectivity index (χ4n) is 5.82. The second-order valence-corrected chi connectivity index (χ2v) is 11.1. The molecule has 0 N–H and O–H groups in total. The second-order valence-electron chi connectivity index (χ2n) is 11.1. The molecular formula is C29H37FN6O2. The number of aromatic nitrogens is 3. The van der Waals surface area contributed by atoms with Crippen LogP contribution in [0.4, 0.5) is 16.2 Å². The van der Waals surface area contributed by atoms with E-state index in [0.29, 0.717) is 56.0 Å². The summed E-state index contributed by atoms with van der Waals surface area (Å²) in [6.45, 7) is 13.3. The molecule has 9 heteroatoms. The molecule has 5 heterocycles. The SMILES string of the molecule is C[C@H]1CCN(Cc2cc(-c3ccc4c(N5CCOC[C@@H]5C)nc(N5CCOC[C@@H]5C)nc4n3)ccc2F)C1. The summed E-state index contributed by atoms with van der Waals surface area (Å²) in [5.74, 6) is 2.06. The van der Waals surface area contributed by atoms with Gasteiger partial charge in [-0.15, -0.1) is 0 Å². The van der Waals surface area contributed by atoms with Gasteiger partial charge in [-0.05, 0) is 63.1 Å². The molecule has 0 unspecified atom stereocenters. The number of likely N-dealkylation sites (tertiary alicyclic amines) is 1. The molecule has 38 heavy (non-hydrogen) atoms. The minimum Gasteiger partial charge on any atom is -0.377 e. The average molecular weight is 521 g/mol. The van der Waals surface area contributed by atoms with Crippen molar-refractivity contribution < 1.29 is 13.9 Å². The summed E-state index contributed by atoms with van der Waals surface area (Å²) >= 11 is 0. The fourth-order valence-corrected chi connectivity index (χ4v) is 5.82. The van der Waals surface area contributed by atoms with E-state index in [9.17, 15) is 4.39 Å². The van der Waals surface area contributed by atoms with Crippen LogP contribution in [0.3, 0.4) is 0 Å². The standard InChI is InChI=1S/C29H37FN6O2/c1-19-8-9-34(15-19)16-23-14-22(4-6-25(23)30)26-7-5-24-27(31-26)32-29(36-11-13-38-18-21(36)3)33-28(24)35-10-12-37-17-20(35)2/h4-7,14,19-21H,8-13,15-18H2,1-3H3/t19-,20-,21-/m0/s1. The predicted octanol–water partition coefficient (Wildman–Crippen LogP) is 4.12. The lowest BCUT2D eigenvalue weighted by atomic mass is 10.1. The summed E-state index contributed by atoms with van der Waals surface area (Å²) in [5.41, 5.74) is 3.05. The van der Waals surface area contributed by atoms with Gasteiger partial charge in [0, 0.05) is 37.3 Å². The normalized spacial score (nSPS) is 24.9. The molecule has 0 bridgehead atoms. The number of fused-ring (bicyclic) bond motifs is 1. The molecule has 2 aromatic heterocycles. The van der Waals surface area contributed by atoms with Gasteiger partial charge in [-0.1, -0.05) is 6.92 Å². The molecule has 0 saturated carbocycles. The van der Waals surface area contributed by atoms with E-state index in [1.165, 1.54) is 6.42 Å². The van der Waals surface area contributed by atoms with Gasteiger partial charge in [0.05, 0.1) is 49.6 Å². The highest BCUT2D eigenvalue weighted by molar-refractivity contribution is 5.90. The maximum Gasteiger partial charge on any atom is 0.229 e. The first-order valence-corrected chi connectivity index (χ1v) is 13.8. The smallest absolute Gasteiger partial charge is 0.229 e. The van der Waals surface area contributed by atoms with Crippen LogP contribution in [-0.2, 0) is 16.0 Å². The third kappa shape index (κ3) is 5.07. The molecule has 0 spiro atoms. The number of benzene rings is 1. The number of halogens is 1. The van der Waals surface area contributed by atoms with E-state index in [-0.39, 0.29) is 17.9 Å². The van der Waals surface area contributed by atoms with Crippen LogP contribution >= 0.6 is 0 Å². The topological polar surface area (TPSA) is 66.9 Å². The predicted molar refractivity (Wildman–Crippen MR) is 147 cm³/mol. The molecule has 3 atom stereocenters. The summed E-state index contributed by atoms with van der Waals surface area (Å²) in [6.07, 6.45) is 1.17. The number of anilines is 2. The Kier molecular flexibility index (Phi) is 7.16. The van der Waals surface area contributed by atoms with Crippen molar-refractivity contribution in [1.29, 1.82) is 0 Å². The zero-order chi connectivity index (χ0) is 26.2. The Morgan fingerprint density at radius 2 is 1.66 bits per heavy atom. The van der Waals surface area contributed by atoms with Crippen molar-refractivity contribution in [3.63, 3.8) is 0 Å². The second kappa shape index (κ2) is 10.7. The van der Waals surface area contributed by atoms with Crippen molar-refractivity contribution in [2.45, 2.75) is 45.8 Å². The lowest BCUT2D eigenvalue weighted by Gasteiger charge is -2.37. The number of morpholine rings is 2. The first-order valence-electron chi connectivity index (χ1n) is 13.8. The molecule has 6 rings (SSSR count). The van der Waals surface area contributed by atoms with Crippen LogP contribution in [0.25, 0.3) is 22.3 Å². The molecule has 0 aliphatic carbocycles. The van der Waals surface area contributed by atoms with E-state index in [1.807, 2.05) is 18.2 Å². The van der Waals surface area contributed by atoms with E-state index in [1.54, 1.807) is 6.07 Å². The van der Waals surface area contributed by atoms with E-state index >= 15 is 0 Å². The highest BCUT2D eigenvalue weighted by Crippen LogP contribution is 2.32. The molecule has 3 aliphatic rings. The molecule has 3 saturated heterocycles. The van der Waals surface area contributed by atoms with Crippen molar-refractivity contribution in [3.05, 3.63) is 41.7 Å². The van der Waals surface area contributed by atoms with Crippen molar-refractivity contribution in [2.24, 2.45) is 5.92 Å². The number of nitrogens with zero attached hydrogens (tertiary/aromatic N) is 6. The van der Waals surface area contributed by atoms with Crippen LogP contribution in [0.2, 0.25) is 0 Å². The van der Waals surface area contributed by atoms with Gasteiger partial charge in [0.15, 0.2) is 5.65 Å². The summed E-state index contributed by atoms with van der Waals surface area (Å²) in [5, 5.41) is 0.917. The van der Waals surface area contributed by atoms with E-state index in [0.717, 1.165) is 48.6 Å². The number of rotatable bonds is 5. The largest absolute Gasteiger partial charge is 0.377 e. The van der Waals surface area contributed by atoms with Crippen molar-refractivity contribution in [1.82, 2.24) is 19.9 Å². The quantitative estimate of drug-likeness (QED) is 0.498. The molecule has 0 amide bonds. The van der Waals surface area contributed by atoms with Gasteiger partial charge < -0.3 is 19.3 Å². The van der Waals surface area contributed by atoms with Crippen LogP contribution in [0.5, 0.6) is 0 Å². The molecule has 202 valence electrons. The molecule has 8 nitrogen and oxygen atoms in total. The molecule has 3 aromatic rings. The van der Waals surface area contributed by atoms with Gasteiger partial charge in [-0.25, -0.2) is 9.37 Å². The van der Waals surface area contributed by atoms with E-state index in [2.05, 4.69) is 41.5 Å². The van der Waals surface area contributed by atoms with Gasteiger partial charge in [0.25, 0.3) is 0 Å². The Bertz CT molecular complexity index is 1310. The van der Waals surface area contributed by atoms with Crippen LogP contribution in [0.1, 0.15) is 32.8 Å². The Morgan fingerprint density at radius 1 is 0.895 bits per heavy atom. The van der Waals surface area contributed by atoms with Crippen molar-refractivity contribution in [3.8, 4) is 11.3 Å². The molecule has 3 fully saturated rings. The summed E-state index contributed by atoms with van der Waals surface area (Å²) < 4.78 is 26.1. The maximum absolute atomic E-state index is 14.8. The number of ether oxygens (including phenoxy) is 2. The van der Waals surface area contributed by atoms with E-state index < -0.39 is 0 Å². The van der Waals surface area contributed by atoms with Crippen molar-refractivity contribution in [2.75, 3.05) is 62.4 Å². The lowest BCUT2D eigenvalue weighted by molar-refractivity contribution is 0.0973. The zero-order valence-corrected chi connectivity index (χ0v) is 22.6. The Balaban J connectivity index is 1.40. The van der Waals surface area contributed by atoms with E-state index in [4.69, 9.17) is 24.4 Å². The monoisotopic (exact) mass is 520 g/mol. The van der Waals surface area contributed by atoms with Gasteiger partial charge in [-0.2, -0.15) is 9.97 Å². The van der Waals surface area contributed by atoms with Gasteiger partial charge >= 0.3 is 0 Å². The number of hydrogen-bond acceptors (Lipinski definition) is 8. The molecular weight excluding hydrogens is 483 g/mol. The Hall–Kier alpha value is -2.88. The number of pyridine rings is 1. The maximum atomic E-state index is 14.8. The molecule has 1 aromatic carbocycles. The molecule has 3 aliphatic heterocycles. The minimum absolute atomic E-state index is 0.163. The van der Waals surface area contributed by atoms with Crippen molar-refractivity contribution >= 4 is 22.8 Å². The van der Waals surface area contributed by atoms with Crippen LogP contribution in [0.15, 0.2) is 30.3 Å². The minimum atomic E-state index is -0.163. The van der Waals surface area contributed by atoms with Crippen LogP contribution in [-0.4, -0.2) is 84.5 Å². The summed E-state index contributed by atoms with van der Waals surface area (Å²) in [6, 6.07) is 9.77. The first kappa shape index (κ1) is 25.4. The zero-order valence-electron chi connectivity index (χ0n) is 22.6. The van der Waals surface area contributed by atoms with Gasteiger partial charge in [0.2, 0.25) is 5.95 Å². The Morgan fingerprint density at radius 3 is 2.37 bits per heavy atom. The Labute approximate surface area is 223 Å². The van der Waals surface area contributed by atoms with Crippen LogP contribution < -0.4 is 9.80 Å². The average Bonchev–Trinajstić information content (AvgIpc) is 3.34. The summed E-state index contributed by atoms with van der Waals surface area (Å²) in [7, 11) is 0. The highest BCUT2D eigenvalue weighted by Gasteiger charge is 2.28. The molecule has 0 radical (unpaired) electrons. The first-order chi connectivity index (χ1) is 18.5. The van der Waals surface area contributed by atoms with Gasteiger partial charge in [-0.3, -0.25) is 4.90 Å². The summed E-state index contributed by atoms with van der Waals surface area (Å²) in [4.78, 5) is 21.9. The third-order valence-corrected chi connectivity index (χ3v) is 8.04. The fraction of sp³-hybridized carbons (Fsp3) is 0.552.